The molecule has 2 heterocycles. The van der Waals surface area contributed by atoms with Crippen LogP contribution in [0.1, 0.15) is 26.4 Å². The van der Waals surface area contributed by atoms with E-state index >= 15 is 0 Å². The molecule has 0 radical (unpaired) electrons. The van der Waals surface area contributed by atoms with E-state index in [0.717, 1.165) is 15.3 Å². The van der Waals surface area contributed by atoms with E-state index in [4.69, 9.17) is 0 Å². The molecule has 3 aromatic rings. The molecule has 0 saturated carbocycles. The van der Waals surface area contributed by atoms with Gasteiger partial charge in [-0.05, 0) is 72.5 Å². The van der Waals surface area contributed by atoms with Gasteiger partial charge < -0.3 is 21.3 Å². The predicted octanol–water partition coefficient (Wildman–Crippen LogP) is 5.38. The van der Waals surface area contributed by atoms with Crippen LogP contribution in [0.5, 0.6) is 0 Å². The number of amides is 4. The Morgan fingerprint density at radius 1 is 0.759 bits per heavy atom. The van der Waals surface area contributed by atoms with Crippen LogP contribution in [0.25, 0.3) is 0 Å². The molecule has 8 heteroatoms. The zero-order valence-corrected chi connectivity index (χ0v) is 18.2. The Morgan fingerprint density at radius 2 is 1.31 bits per heavy atom. The molecule has 0 fully saturated rings. The van der Waals surface area contributed by atoms with Crippen LogP contribution in [-0.2, 0) is 13.1 Å². The highest BCUT2D eigenvalue weighted by Gasteiger charge is 2.09. The molecule has 0 bridgehead atoms. The summed E-state index contributed by atoms with van der Waals surface area (Å²) in [5.74, 6) is 0. The highest BCUT2D eigenvalue weighted by atomic mass is 32.1. The van der Waals surface area contributed by atoms with Crippen molar-refractivity contribution >= 4 is 46.1 Å². The Labute approximate surface area is 178 Å². The van der Waals surface area contributed by atoms with Gasteiger partial charge in [-0.3, -0.25) is 0 Å². The summed E-state index contributed by atoms with van der Waals surface area (Å²) < 4.78 is 0. The van der Waals surface area contributed by atoms with Crippen LogP contribution in [0.2, 0.25) is 0 Å². The first-order chi connectivity index (χ1) is 13.9. The third kappa shape index (κ3) is 5.82. The number of rotatable bonds is 6. The SMILES string of the molecule is Cc1ccc(NC(=O)NCc2sccc2C)cc1NC(=O)NCc1sccc1C. The molecule has 0 aliphatic heterocycles. The van der Waals surface area contributed by atoms with Gasteiger partial charge in [0.2, 0.25) is 0 Å². The molecule has 0 saturated heterocycles. The average Bonchev–Trinajstić information content (AvgIpc) is 3.29. The van der Waals surface area contributed by atoms with E-state index < -0.39 is 0 Å². The highest BCUT2D eigenvalue weighted by Crippen LogP contribution is 2.21. The summed E-state index contributed by atoms with van der Waals surface area (Å²) in [5, 5.41) is 15.4. The van der Waals surface area contributed by atoms with Crippen LogP contribution in [0.15, 0.2) is 41.1 Å². The topological polar surface area (TPSA) is 82.3 Å². The standard InChI is InChI=1S/C21H24N4O2S2/c1-13-4-5-16(24-20(26)22-11-18-14(2)6-8-28-18)10-17(13)25-21(27)23-12-19-15(3)7-9-29-19/h4-10H,11-12H2,1-3H3,(H2,22,24,26)(H2,23,25,27). The van der Waals surface area contributed by atoms with E-state index in [1.165, 1.54) is 11.1 Å². The molecule has 0 aliphatic carbocycles. The van der Waals surface area contributed by atoms with E-state index in [2.05, 4.69) is 21.3 Å². The van der Waals surface area contributed by atoms with Crippen molar-refractivity contribution in [3.8, 4) is 0 Å². The molecule has 0 atom stereocenters. The molecule has 6 nitrogen and oxygen atoms in total. The van der Waals surface area contributed by atoms with Crippen molar-refractivity contribution in [2.45, 2.75) is 33.9 Å². The third-order valence-corrected chi connectivity index (χ3v) is 6.54. The van der Waals surface area contributed by atoms with Gasteiger partial charge in [0, 0.05) is 21.1 Å². The van der Waals surface area contributed by atoms with Crippen LogP contribution in [0.4, 0.5) is 21.0 Å². The zero-order chi connectivity index (χ0) is 20.8. The van der Waals surface area contributed by atoms with Gasteiger partial charge in [0.25, 0.3) is 0 Å². The van der Waals surface area contributed by atoms with Crippen molar-refractivity contribution in [1.82, 2.24) is 10.6 Å². The number of hydrogen-bond donors (Lipinski definition) is 4. The minimum atomic E-state index is -0.287. The lowest BCUT2D eigenvalue weighted by molar-refractivity contribution is 0.251. The maximum atomic E-state index is 12.3. The smallest absolute Gasteiger partial charge is 0.319 e. The van der Waals surface area contributed by atoms with E-state index in [-0.39, 0.29) is 12.1 Å². The molecule has 1 aromatic carbocycles. The summed E-state index contributed by atoms with van der Waals surface area (Å²) in [6, 6.07) is 8.91. The number of anilines is 2. The second-order valence-corrected chi connectivity index (χ2v) is 8.70. The Hall–Kier alpha value is -2.84. The van der Waals surface area contributed by atoms with E-state index in [9.17, 15) is 9.59 Å². The molecule has 29 heavy (non-hydrogen) atoms. The lowest BCUT2D eigenvalue weighted by Gasteiger charge is -2.13. The number of hydrogen-bond acceptors (Lipinski definition) is 4. The molecule has 0 unspecified atom stereocenters. The number of urea groups is 2. The average molecular weight is 429 g/mol. The number of thiophene rings is 2. The summed E-state index contributed by atoms with van der Waals surface area (Å²) in [5.41, 5.74) is 4.51. The number of nitrogens with one attached hydrogen (secondary N) is 4. The lowest BCUT2D eigenvalue weighted by Crippen LogP contribution is -2.29. The maximum Gasteiger partial charge on any atom is 0.319 e. The Morgan fingerprint density at radius 3 is 1.83 bits per heavy atom. The summed E-state index contributed by atoms with van der Waals surface area (Å²) in [4.78, 5) is 26.7. The fourth-order valence-electron chi connectivity index (χ4n) is 2.67. The molecule has 0 aliphatic rings. The van der Waals surface area contributed by atoms with Gasteiger partial charge >= 0.3 is 12.1 Å². The molecule has 0 spiro atoms. The quantitative estimate of drug-likeness (QED) is 0.425. The van der Waals surface area contributed by atoms with Crippen molar-refractivity contribution in [3.05, 3.63) is 67.5 Å². The van der Waals surface area contributed by atoms with Crippen molar-refractivity contribution in [2.75, 3.05) is 10.6 Å². The first-order valence-corrected chi connectivity index (χ1v) is 10.9. The Balaban J connectivity index is 1.54. The van der Waals surface area contributed by atoms with Gasteiger partial charge in [-0.2, -0.15) is 0 Å². The fraction of sp³-hybridized carbons (Fsp3) is 0.238. The highest BCUT2D eigenvalue weighted by molar-refractivity contribution is 7.10. The van der Waals surface area contributed by atoms with Gasteiger partial charge in [0.05, 0.1) is 13.1 Å². The number of carbonyl (C=O) groups excluding carboxylic acids is 2. The summed E-state index contributed by atoms with van der Waals surface area (Å²) in [6.07, 6.45) is 0. The minimum absolute atomic E-state index is 0.282. The van der Waals surface area contributed by atoms with Crippen LogP contribution in [0, 0.1) is 20.8 Å². The van der Waals surface area contributed by atoms with Crippen molar-refractivity contribution < 1.29 is 9.59 Å². The van der Waals surface area contributed by atoms with Gasteiger partial charge in [0.15, 0.2) is 0 Å². The summed E-state index contributed by atoms with van der Waals surface area (Å²) in [7, 11) is 0. The normalized spacial score (nSPS) is 10.4. The molecule has 3 rings (SSSR count). The zero-order valence-electron chi connectivity index (χ0n) is 16.6. The lowest BCUT2D eigenvalue weighted by atomic mass is 10.2. The van der Waals surface area contributed by atoms with Gasteiger partial charge in [0.1, 0.15) is 0 Å². The van der Waals surface area contributed by atoms with E-state index in [0.29, 0.717) is 24.5 Å². The Kier molecular flexibility index (Phi) is 6.90. The molecule has 4 N–H and O–H groups in total. The monoisotopic (exact) mass is 428 g/mol. The van der Waals surface area contributed by atoms with Crippen molar-refractivity contribution in [3.63, 3.8) is 0 Å². The largest absolute Gasteiger partial charge is 0.333 e. The predicted molar refractivity (Wildman–Crippen MR) is 121 cm³/mol. The fourth-order valence-corrected chi connectivity index (χ4v) is 4.36. The van der Waals surface area contributed by atoms with Crippen molar-refractivity contribution in [2.24, 2.45) is 0 Å². The number of benzene rings is 1. The number of aryl methyl sites for hydroxylation is 3. The Bertz CT molecular complexity index is 1010. The van der Waals surface area contributed by atoms with Gasteiger partial charge in [-0.1, -0.05) is 6.07 Å². The van der Waals surface area contributed by atoms with Crippen LogP contribution in [0.3, 0.4) is 0 Å². The number of carbonyl (C=O) groups is 2. The van der Waals surface area contributed by atoms with Crippen LogP contribution >= 0.6 is 22.7 Å². The van der Waals surface area contributed by atoms with E-state index in [1.54, 1.807) is 28.7 Å². The molecule has 152 valence electrons. The van der Waals surface area contributed by atoms with Crippen LogP contribution in [-0.4, -0.2) is 12.1 Å². The molecule has 2 aromatic heterocycles. The first kappa shape index (κ1) is 20.9. The maximum absolute atomic E-state index is 12.3. The minimum Gasteiger partial charge on any atom is -0.333 e. The van der Waals surface area contributed by atoms with Gasteiger partial charge in [-0.15, -0.1) is 22.7 Å². The van der Waals surface area contributed by atoms with Gasteiger partial charge in [-0.25, -0.2) is 9.59 Å². The summed E-state index contributed by atoms with van der Waals surface area (Å²) in [6.45, 7) is 6.92. The second kappa shape index (κ2) is 9.58. The summed E-state index contributed by atoms with van der Waals surface area (Å²) >= 11 is 3.24. The molecular formula is C21H24N4O2S2. The third-order valence-electron chi connectivity index (χ3n) is 4.50. The molecular weight excluding hydrogens is 404 g/mol. The van der Waals surface area contributed by atoms with Crippen molar-refractivity contribution in [1.29, 1.82) is 0 Å². The first-order valence-electron chi connectivity index (χ1n) is 9.18. The molecule has 4 amide bonds. The van der Waals surface area contributed by atoms with Crippen LogP contribution < -0.4 is 21.3 Å². The second-order valence-electron chi connectivity index (χ2n) is 6.70. The van der Waals surface area contributed by atoms with E-state index in [1.807, 2.05) is 55.8 Å².